The molecule has 0 bridgehead atoms. The van der Waals surface area contributed by atoms with Crippen molar-refractivity contribution in [2.45, 2.75) is 6.04 Å². The molecule has 1 aliphatic rings. The first-order valence-electron chi connectivity index (χ1n) is 5.99. The van der Waals surface area contributed by atoms with Gasteiger partial charge in [-0.15, -0.1) is 11.3 Å². The Morgan fingerprint density at radius 3 is 2.83 bits per heavy atom. The Labute approximate surface area is 110 Å². The Balaban J connectivity index is 2.05. The van der Waals surface area contributed by atoms with E-state index in [9.17, 15) is 0 Å². The lowest BCUT2D eigenvalue weighted by Gasteiger charge is -2.24. The van der Waals surface area contributed by atoms with Gasteiger partial charge in [-0.2, -0.15) is 0 Å². The molecule has 1 aromatic carbocycles. The van der Waals surface area contributed by atoms with Crippen molar-refractivity contribution < 1.29 is 9.47 Å². The minimum Gasteiger partial charge on any atom is -0.486 e. The highest BCUT2D eigenvalue weighted by atomic mass is 32.1. The van der Waals surface area contributed by atoms with Gasteiger partial charge in [-0.1, -0.05) is 18.2 Å². The maximum absolute atomic E-state index is 5.78. The van der Waals surface area contributed by atoms with Crippen molar-refractivity contribution in [1.29, 1.82) is 0 Å². The molecule has 4 heteroatoms. The molecule has 94 valence electrons. The summed E-state index contributed by atoms with van der Waals surface area (Å²) in [5, 5.41) is 5.44. The zero-order valence-electron chi connectivity index (χ0n) is 10.2. The second-order valence-electron chi connectivity index (χ2n) is 4.11. The molecule has 3 rings (SSSR count). The van der Waals surface area contributed by atoms with Crippen LogP contribution in [0.4, 0.5) is 0 Å². The molecule has 2 aromatic rings. The summed E-state index contributed by atoms with van der Waals surface area (Å²) in [6, 6.07) is 10.4. The fourth-order valence-electron chi connectivity index (χ4n) is 2.23. The second kappa shape index (κ2) is 5.00. The first-order chi connectivity index (χ1) is 8.90. The Morgan fingerprint density at radius 2 is 2.06 bits per heavy atom. The van der Waals surface area contributed by atoms with Crippen LogP contribution in [0.5, 0.6) is 11.5 Å². The molecule has 0 saturated heterocycles. The van der Waals surface area contributed by atoms with Crippen LogP contribution in [0, 0.1) is 0 Å². The molecular weight excluding hydrogens is 246 g/mol. The first kappa shape index (κ1) is 11.6. The van der Waals surface area contributed by atoms with Gasteiger partial charge in [0, 0.05) is 10.4 Å². The van der Waals surface area contributed by atoms with Crippen LogP contribution in [0.2, 0.25) is 0 Å². The van der Waals surface area contributed by atoms with E-state index < -0.39 is 0 Å². The standard InChI is InChI=1S/C14H15NO2S/c1-15-13(12-6-3-9-18-12)10-4-2-5-11-14(10)17-8-7-16-11/h2-6,9,13,15H,7-8H2,1H3. The molecule has 0 saturated carbocycles. The summed E-state index contributed by atoms with van der Waals surface area (Å²) in [4.78, 5) is 1.28. The van der Waals surface area contributed by atoms with Gasteiger partial charge in [0.05, 0.1) is 6.04 Å². The van der Waals surface area contributed by atoms with Crippen molar-refractivity contribution in [2.75, 3.05) is 20.3 Å². The van der Waals surface area contributed by atoms with E-state index >= 15 is 0 Å². The fourth-order valence-corrected chi connectivity index (χ4v) is 3.08. The summed E-state index contributed by atoms with van der Waals surface area (Å²) in [5.74, 6) is 1.71. The average molecular weight is 261 g/mol. The van der Waals surface area contributed by atoms with Gasteiger partial charge in [0.25, 0.3) is 0 Å². The maximum atomic E-state index is 5.78. The van der Waals surface area contributed by atoms with Crippen LogP contribution in [0.25, 0.3) is 0 Å². The lowest BCUT2D eigenvalue weighted by Crippen LogP contribution is -2.21. The van der Waals surface area contributed by atoms with Crippen LogP contribution in [0.1, 0.15) is 16.5 Å². The van der Waals surface area contributed by atoms with E-state index in [2.05, 4.69) is 28.9 Å². The molecule has 18 heavy (non-hydrogen) atoms. The van der Waals surface area contributed by atoms with Gasteiger partial charge in [0.1, 0.15) is 13.2 Å². The van der Waals surface area contributed by atoms with Crippen LogP contribution in [-0.2, 0) is 0 Å². The molecule has 1 aromatic heterocycles. The van der Waals surface area contributed by atoms with Crippen LogP contribution < -0.4 is 14.8 Å². The summed E-state index contributed by atoms with van der Waals surface area (Å²) in [6.45, 7) is 1.24. The number of para-hydroxylation sites is 1. The SMILES string of the molecule is CNC(c1cccs1)c1cccc2c1OCCO2. The number of benzene rings is 1. The number of thiophene rings is 1. The van der Waals surface area contributed by atoms with Crippen LogP contribution in [0.3, 0.4) is 0 Å². The van der Waals surface area contributed by atoms with E-state index in [0.29, 0.717) is 13.2 Å². The maximum Gasteiger partial charge on any atom is 0.166 e. The summed E-state index contributed by atoms with van der Waals surface area (Å²) < 4.78 is 11.4. The molecule has 1 N–H and O–H groups in total. The van der Waals surface area contributed by atoms with Crippen LogP contribution in [0.15, 0.2) is 35.7 Å². The van der Waals surface area contributed by atoms with Crippen molar-refractivity contribution in [3.05, 3.63) is 46.2 Å². The van der Waals surface area contributed by atoms with Crippen molar-refractivity contribution in [3.63, 3.8) is 0 Å². The average Bonchev–Trinajstić information content (AvgIpc) is 2.94. The summed E-state index contributed by atoms with van der Waals surface area (Å²) in [7, 11) is 1.97. The van der Waals surface area contributed by atoms with Gasteiger partial charge in [0.15, 0.2) is 11.5 Å². The molecule has 0 spiro atoms. The molecule has 0 aliphatic carbocycles. The van der Waals surface area contributed by atoms with Crippen LogP contribution in [-0.4, -0.2) is 20.3 Å². The van der Waals surface area contributed by atoms with Crippen molar-refractivity contribution >= 4 is 11.3 Å². The van der Waals surface area contributed by atoms with E-state index in [1.807, 2.05) is 19.2 Å². The lowest BCUT2D eigenvalue weighted by molar-refractivity contribution is 0.169. The number of nitrogens with one attached hydrogen (secondary N) is 1. The second-order valence-corrected chi connectivity index (χ2v) is 5.09. The number of rotatable bonds is 3. The third-order valence-corrected chi connectivity index (χ3v) is 3.96. The molecule has 1 aliphatic heterocycles. The van der Waals surface area contributed by atoms with Gasteiger partial charge in [-0.05, 0) is 24.6 Å². The molecule has 1 atom stereocenters. The molecule has 2 heterocycles. The van der Waals surface area contributed by atoms with Crippen LogP contribution >= 0.6 is 11.3 Å². The lowest BCUT2D eigenvalue weighted by atomic mass is 10.0. The summed E-state index contributed by atoms with van der Waals surface area (Å²) in [5.41, 5.74) is 1.14. The molecule has 1 unspecified atom stereocenters. The Kier molecular flexibility index (Phi) is 3.21. The highest BCUT2D eigenvalue weighted by molar-refractivity contribution is 7.10. The quantitative estimate of drug-likeness (QED) is 0.921. The summed E-state index contributed by atoms with van der Waals surface area (Å²) >= 11 is 1.74. The predicted octanol–water partition coefficient (Wildman–Crippen LogP) is 2.83. The highest BCUT2D eigenvalue weighted by Crippen LogP contribution is 2.39. The normalized spacial score (nSPS) is 15.4. The topological polar surface area (TPSA) is 30.5 Å². The monoisotopic (exact) mass is 261 g/mol. The smallest absolute Gasteiger partial charge is 0.166 e. The fraction of sp³-hybridized carbons (Fsp3) is 0.286. The van der Waals surface area contributed by atoms with E-state index in [0.717, 1.165) is 17.1 Å². The van der Waals surface area contributed by atoms with Crippen molar-refractivity contribution in [1.82, 2.24) is 5.32 Å². The van der Waals surface area contributed by atoms with Gasteiger partial charge in [-0.3, -0.25) is 0 Å². The zero-order chi connectivity index (χ0) is 12.4. The molecule has 3 nitrogen and oxygen atoms in total. The number of hydrogen-bond donors (Lipinski definition) is 1. The van der Waals surface area contributed by atoms with Gasteiger partial charge < -0.3 is 14.8 Å². The number of ether oxygens (including phenoxy) is 2. The Hall–Kier alpha value is -1.52. The Bertz CT molecular complexity index is 525. The summed E-state index contributed by atoms with van der Waals surface area (Å²) in [6.07, 6.45) is 0. The van der Waals surface area contributed by atoms with E-state index in [-0.39, 0.29) is 6.04 Å². The van der Waals surface area contributed by atoms with E-state index in [1.54, 1.807) is 11.3 Å². The minimum atomic E-state index is 0.154. The molecule has 0 radical (unpaired) electrons. The Morgan fingerprint density at radius 1 is 1.17 bits per heavy atom. The third kappa shape index (κ3) is 1.98. The molecular formula is C14H15NO2S. The molecule has 0 fully saturated rings. The first-order valence-corrected chi connectivity index (χ1v) is 6.87. The largest absolute Gasteiger partial charge is 0.486 e. The molecule has 0 amide bonds. The zero-order valence-corrected chi connectivity index (χ0v) is 11.0. The van der Waals surface area contributed by atoms with Crippen molar-refractivity contribution in [2.24, 2.45) is 0 Å². The van der Waals surface area contributed by atoms with E-state index in [1.165, 1.54) is 4.88 Å². The van der Waals surface area contributed by atoms with Gasteiger partial charge >= 0.3 is 0 Å². The minimum absolute atomic E-state index is 0.154. The van der Waals surface area contributed by atoms with Gasteiger partial charge in [-0.25, -0.2) is 0 Å². The highest BCUT2D eigenvalue weighted by Gasteiger charge is 2.22. The third-order valence-electron chi connectivity index (χ3n) is 3.02. The van der Waals surface area contributed by atoms with Crippen molar-refractivity contribution in [3.8, 4) is 11.5 Å². The van der Waals surface area contributed by atoms with E-state index in [4.69, 9.17) is 9.47 Å². The van der Waals surface area contributed by atoms with Gasteiger partial charge in [0.2, 0.25) is 0 Å². The number of fused-ring (bicyclic) bond motifs is 1. The number of hydrogen-bond acceptors (Lipinski definition) is 4. The predicted molar refractivity (Wildman–Crippen MR) is 72.7 cm³/mol.